The average molecular weight is 316 g/mol. The lowest BCUT2D eigenvalue weighted by Gasteiger charge is -2.13. The van der Waals surface area contributed by atoms with Crippen LogP contribution in [0.4, 0.5) is 0 Å². The summed E-state index contributed by atoms with van der Waals surface area (Å²) in [7, 11) is 1.43. The first-order chi connectivity index (χ1) is 9.83. The summed E-state index contributed by atoms with van der Waals surface area (Å²) in [6.45, 7) is 0. The first-order valence-electron chi connectivity index (χ1n) is 5.90. The van der Waals surface area contributed by atoms with Crippen molar-refractivity contribution in [2.75, 3.05) is 7.11 Å². The molecule has 0 radical (unpaired) electrons. The van der Waals surface area contributed by atoms with Crippen LogP contribution in [0.3, 0.4) is 0 Å². The monoisotopic (exact) mass is 315 g/mol. The molecule has 0 unspecified atom stereocenters. The number of carboxylic acid groups (broad SMARTS) is 2. The third kappa shape index (κ3) is 5.31. The number of rotatable bonds is 7. The fraction of sp³-hybridized carbons (Fsp3) is 0.308. The van der Waals surface area contributed by atoms with E-state index in [2.05, 4.69) is 5.32 Å². The maximum atomic E-state index is 11.8. The number of halogens is 1. The van der Waals surface area contributed by atoms with Gasteiger partial charge in [-0.25, -0.2) is 4.79 Å². The molecule has 1 atom stereocenters. The summed E-state index contributed by atoms with van der Waals surface area (Å²) in [4.78, 5) is 33.2. The van der Waals surface area contributed by atoms with Gasteiger partial charge in [-0.2, -0.15) is 0 Å². The number of aliphatic carboxylic acids is 2. The van der Waals surface area contributed by atoms with Gasteiger partial charge in [0.1, 0.15) is 11.8 Å². The molecule has 0 aliphatic carbocycles. The molecular formula is C13H14ClNO6. The van der Waals surface area contributed by atoms with Crippen LogP contribution < -0.4 is 10.1 Å². The predicted molar refractivity (Wildman–Crippen MR) is 73.5 cm³/mol. The highest BCUT2D eigenvalue weighted by atomic mass is 35.5. The van der Waals surface area contributed by atoms with Gasteiger partial charge in [0.2, 0.25) is 5.91 Å². The molecule has 21 heavy (non-hydrogen) atoms. The Balaban J connectivity index is 2.78. The van der Waals surface area contributed by atoms with Gasteiger partial charge in [-0.05, 0) is 18.2 Å². The lowest BCUT2D eigenvalue weighted by molar-refractivity contribution is -0.147. The van der Waals surface area contributed by atoms with Crippen molar-refractivity contribution in [3.05, 3.63) is 28.8 Å². The van der Waals surface area contributed by atoms with Gasteiger partial charge >= 0.3 is 11.9 Å². The van der Waals surface area contributed by atoms with Crippen LogP contribution >= 0.6 is 11.6 Å². The second kappa shape index (κ2) is 7.49. The van der Waals surface area contributed by atoms with Crippen molar-refractivity contribution in [3.63, 3.8) is 0 Å². The average Bonchev–Trinajstić information content (AvgIpc) is 2.37. The van der Waals surface area contributed by atoms with Gasteiger partial charge in [0.15, 0.2) is 0 Å². The largest absolute Gasteiger partial charge is 0.496 e. The highest BCUT2D eigenvalue weighted by molar-refractivity contribution is 6.30. The van der Waals surface area contributed by atoms with Gasteiger partial charge in [0, 0.05) is 10.6 Å². The predicted octanol–water partition coefficient (Wildman–Crippen LogP) is 0.935. The molecular weight excluding hydrogens is 302 g/mol. The molecule has 0 aromatic heterocycles. The number of amides is 1. The van der Waals surface area contributed by atoms with Crippen LogP contribution in [0.25, 0.3) is 0 Å². The summed E-state index contributed by atoms with van der Waals surface area (Å²) in [5.41, 5.74) is 0.474. The normalized spacial score (nSPS) is 11.5. The van der Waals surface area contributed by atoms with Gasteiger partial charge in [-0.3, -0.25) is 9.59 Å². The molecule has 0 aliphatic rings. The van der Waals surface area contributed by atoms with E-state index in [1.54, 1.807) is 12.1 Å². The molecule has 0 saturated carbocycles. The summed E-state index contributed by atoms with van der Waals surface area (Å²) in [6.07, 6.45) is -0.874. The Bertz CT molecular complexity index is 560. The Hall–Kier alpha value is -2.28. The first kappa shape index (κ1) is 16.8. The quantitative estimate of drug-likeness (QED) is 0.690. The SMILES string of the molecule is COc1ccc(Cl)cc1CC(=O)N[C@H](CC(=O)O)C(=O)O. The lowest BCUT2D eigenvalue weighted by atomic mass is 10.1. The van der Waals surface area contributed by atoms with Crippen LogP contribution in [-0.4, -0.2) is 41.2 Å². The lowest BCUT2D eigenvalue weighted by Crippen LogP contribution is -2.42. The standard InChI is InChI=1S/C13H14ClNO6/c1-21-10-3-2-8(14)4-7(10)5-11(16)15-9(13(19)20)6-12(17)18/h2-4,9H,5-6H2,1H3,(H,15,16)(H,17,18)(H,19,20)/t9-/m1/s1. The molecule has 0 spiro atoms. The number of carboxylic acids is 2. The van der Waals surface area contributed by atoms with Crippen molar-refractivity contribution >= 4 is 29.4 Å². The molecule has 8 heteroatoms. The molecule has 1 aromatic carbocycles. The number of methoxy groups -OCH3 is 1. The number of nitrogens with one attached hydrogen (secondary N) is 1. The van der Waals surface area contributed by atoms with Crippen LogP contribution in [0.5, 0.6) is 5.75 Å². The number of hydrogen-bond acceptors (Lipinski definition) is 4. The molecule has 0 bridgehead atoms. The topological polar surface area (TPSA) is 113 Å². The van der Waals surface area contributed by atoms with Crippen molar-refractivity contribution in [2.24, 2.45) is 0 Å². The summed E-state index contributed by atoms with van der Waals surface area (Å²) < 4.78 is 5.07. The third-order valence-corrected chi connectivity index (χ3v) is 2.84. The smallest absolute Gasteiger partial charge is 0.326 e. The van der Waals surface area contributed by atoms with Gasteiger partial charge in [-0.15, -0.1) is 0 Å². The number of carbonyl (C=O) groups excluding carboxylic acids is 1. The van der Waals surface area contributed by atoms with Crippen molar-refractivity contribution in [2.45, 2.75) is 18.9 Å². The minimum Gasteiger partial charge on any atom is -0.496 e. The van der Waals surface area contributed by atoms with Crippen molar-refractivity contribution in [1.29, 1.82) is 0 Å². The fourth-order valence-corrected chi connectivity index (χ4v) is 1.87. The van der Waals surface area contributed by atoms with E-state index in [0.29, 0.717) is 16.3 Å². The summed E-state index contributed by atoms with van der Waals surface area (Å²) in [6, 6.07) is 3.20. The zero-order valence-electron chi connectivity index (χ0n) is 11.1. The molecule has 1 aromatic rings. The van der Waals surface area contributed by atoms with E-state index in [9.17, 15) is 14.4 Å². The van der Waals surface area contributed by atoms with Crippen LogP contribution in [0.1, 0.15) is 12.0 Å². The zero-order valence-corrected chi connectivity index (χ0v) is 11.9. The number of ether oxygens (including phenoxy) is 1. The van der Waals surface area contributed by atoms with Crippen molar-refractivity contribution in [1.82, 2.24) is 5.32 Å². The van der Waals surface area contributed by atoms with Crippen LogP contribution in [0, 0.1) is 0 Å². The number of benzene rings is 1. The molecule has 0 heterocycles. The minimum atomic E-state index is -1.49. The molecule has 0 fully saturated rings. The Morgan fingerprint density at radius 2 is 2.00 bits per heavy atom. The van der Waals surface area contributed by atoms with Crippen LogP contribution in [-0.2, 0) is 20.8 Å². The van der Waals surface area contributed by atoms with Crippen LogP contribution in [0.15, 0.2) is 18.2 Å². The third-order valence-electron chi connectivity index (χ3n) is 2.61. The van der Waals surface area contributed by atoms with Crippen molar-refractivity contribution in [3.8, 4) is 5.75 Å². The Kier molecular flexibility index (Phi) is 5.98. The Morgan fingerprint density at radius 3 is 2.52 bits per heavy atom. The van der Waals surface area contributed by atoms with Crippen molar-refractivity contribution < 1.29 is 29.3 Å². The van der Waals surface area contributed by atoms with Crippen LogP contribution in [0.2, 0.25) is 5.02 Å². The molecule has 0 aliphatic heterocycles. The molecule has 7 nitrogen and oxygen atoms in total. The second-order valence-electron chi connectivity index (χ2n) is 4.19. The fourth-order valence-electron chi connectivity index (χ4n) is 1.68. The highest BCUT2D eigenvalue weighted by Crippen LogP contribution is 2.23. The zero-order chi connectivity index (χ0) is 16.0. The van der Waals surface area contributed by atoms with E-state index in [1.807, 2.05) is 0 Å². The maximum absolute atomic E-state index is 11.8. The van der Waals surface area contributed by atoms with E-state index in [4.69, 9.17) is 26.6 Å². The molecule has 1 amide bonds. The Labute approximate surface area is 125 Å². The molecule has 3 N–H and O–H groups in total. The van der Waals surface area contributed by atoms with Gasteiger partial charge in [0.25, 0.3) is 0 Å². The maximum Gasteiger partial charge on any atom is 0.326 e. The Morgan fingerprint density at radius 1 is 1.33 bits per heavy atom. The van der Waals surface area contributed by atoms with E-state index in [-0.39, 0.29) is 6.42 Å². The summed E-state index contributed by atoms with van der Waals surface area (Å²) in [5, 5.41) is 20.0. The van der Waals surface area contributed by atoms with Gasteiger partial charge in [0.05, 0.1) is 20.0 Å². The van der Waals surface area contributed by atoms with Gasteiger partial charge < -0.3 is 20.3 Å². The number of hydrogen-bond donors (Lipinski definition) is 3. The molecule has 114 valence electrons. The van der Waals surface area contributed by atoms with Gasteiger partial charge in [-0.1, -0.05) is 11.6 Å². The molecule has 1 rings (SSSR count). The first-order valence-corrected chi connectivity index (χ1v) is 6.27. The van der Waals surface area contributed by atoms with E-state index in [0.717, 1.165) is 0 Å². The highest BCUT2D eigenvalue weighted by Gasteiger charge is 2.23. The van der Waals surface area contributed by atoms with E-state index in [1.165, 1.54) is 13.2 Å². The van der Waals surface area contributed by atoms with E-state index >= 15 is 0 Å². The van der Waals surface area contributed by atoms with E-state index < -0.39 is 30.3 Å². The summed E-state index contributed by atoms with van der Waals surface area (Å²) in [5.74, 6) is -2.93. The minimum absolute atomic E-state index is 0.173. The second-order valence-corrected chi connectivity index (χ2v) is 4.63. The molecule has 0 saturated heterocycles. The summed E-state index contributed by atoms with van der Waals surface area (Å²) >= 11 is 5.82. The number of carbonyl (C=O) groups is 3.